The van der Waals surface area contributed by atoms with E-state index in [1.54, 1.807) is 19.2 Å². The number of hydrazine groups is 1. The Bertz CT molecular complexity index is 1150. The third-order valence-electron chi connectivity index (χ3n) is 5.24. The van der Waals surface area contributed by atoms with Crippen molar-refractivity contribution in [2.24, 2.45) is 16.6 Å². The molecule has 1 atom stereocenters. The molecule has 33 heavy (non-hydrogen) atoms. The molecule has 0 aliphatic carbocycles. The molecule has 178 valence electrons. The normalized spacial score (nSPS) is 18.4. The summed E-state index contributed by atoms with van der Waals surface area (Å²) in [6, 6.07) is 11.7. The lowest BCUT2D eigenvalue weighted by Gasteiger charge is -2.31. The van der Waals surface area contributed by atoms with Crippen molar-refractivity contribution in [1.82, 2.24) is 15.2 Å². The molecule has 0 saturated carbocycles. The van der Waals surface area contributed by atoms with Crippen LogP contribution in [-0.4, -0.2) is 45.2 Å². The summed E-state index contributed by atoms with van der Waals surface area (Å²) in [6.45, 7) is 1.21. The zero-order chi connectivity index (χ0) is 24.0. The van der Waals surface area contributed by atoms with Crippen molar-refractivity contribution < 1.29 is 8.42 Å². The number of hydrogen-bond donors (Lipinski definition) is 3. The predicted octanol–water partition coefficient (Wildman–Crippen LogP) is 4.17. The molecule has 1 heterocycles. The van der Waals surface area contributed by atoms with Gasteiger partial charge in [-0.05, 0) is 43.0 Å². The minimum Gasteiger partial charge on any atom is -0.398 e. The third-order valence-corrected chi connectivity index (χ3v) is 8.16. The lowest BCUT2D eigenvalue weighted by atomic mass is 10.00. The highest BCUT2D eigenvalue weighted by Gasteiger charge is 2.31. The fraction of sp³-hybridized carbons (Fsp3) is 0.318. The number of nitrogens with zero attached hydrogens (tertiary/aromatic N) is 2. The minimum absolute atomic E-state index is 0.0446. The van der Waals surface area contributed by atoms with Crippen LogP contribution in [0.25, 0.3) is 5.70 Å². The maximum atomic E-state index is 13.1. The van der Waals surface area contributed by atoms with Gasteiger partial charge in [-0.25, -0.2) is 13.8 Å². The number of hydrogen-bond acceptors (Lipinski definition) is 5. The molecule has 0 aromatic heterocycles. The molecule has 1 aliphatic heterocycles. The number of benzene rings is 2. The van der Waals surface area contributed by atoms with E-state index in [4.69, 9.17) is 40.5 Å². The van der Waals surface area contributed by atoms with Crippen LogP contribution in [-0.2, 0) is 10.0 Å². The Morgan fingerprint density at radius 3 is 2.67 bits per heavy atom. The molecule has 3 rings (SSSR count). The van der Waals surface area contributed by atoms with E-state index in [0.717, 1.165) is 12.8 Å². The van der Waals surface area contributed by atoms with Crippen LogP contribution in [0.1, 0.15) is 18.4 Å². The molecule has 11 heteroatoms. The molecular weight excluding hydrogens is 505 g/mol. The van der Waals surface area contributed by atoms with E-state index in [9.17, 15) is 8.42 Å². The largest absolute Gasteiger partial charge is 0.398 e. The maximum Gasteiger partial charge on any atom is 0.244 e. The van der Waals surface area contributed by atoms with Gasteiger partial charge < -0.3 is 11.2 Å². The van der Waals surface area contributed by atoms with E-state index in [1.165, 1.54) is 22.5 Å². The van der Waals surface area contributed by atoms with E-state index < -0.39 is 10.0 Å². The summed E-state index contributed by atoms with van der Waals surface area (Å²) < 4.78 is 27.7. The lowest BCUT2D eigenvalue weighted by Crippen LogP contribution is -2.41. The van der Waals surface area contributed by atoms with Crippen LogP contribution < -0.4 is 16.6 Å². The van der Waals surface area contributed by atoms with Crippen LogP contribution in [0.5, 0.6) is 0 Å². The van der Waals surface area contributed by atoms with E-state index >= 15 is 0 Å². The second-order valence-electron chi connectivity index (χ2n) is 7.63. The van der Waals surface area contributed by atoms with Gasteiger partial charge >= 0.3 is 0 Å². The summed E-state index contributed by atoms with van der Waals surface area (Å²) >= 11 is 18.3. The first kappa shape index (κ1) is 25.8. The molecule has 7 nitrogen and oxygen atoms in total. The second kappa shape index (κ2) is 11.6. The second-order valence-corrected chi connectivity index (χ2v) is 10.8. The molecule has 4 N–H and O–H groups in total. The van der Waals surface area contributed by atoms with Gasteiger partial charge in [-0.3, -0.25) is 4.99 Å². The summed E-state index contributed by atoms with van der Waals surface area (Å²) in [4.78, 5) is 4.69. The van der Waals surface area contributed by atoms with Crippen LogP contribution >= 0.6 is 34.8 Å². The van der Waals surface area contributed by atoms with E-state index in [2.05, 4.69) is 15.8 Å². The van der Waals surface area contributed by atoms with Gasteiger partial charge in [-0.2, -0.15) is 4.31 Å². The van der Waals surface area contributed by atoms with Crippen molar-refractivity contribution in [1.29, 1.82) is 0 Å². The zero-order valence-electron chi connectivity index (χ0n) is 18.1. The molecule has 2 aromatic rings. The minimum atomic E-state index is -3.73. The number of nitrogens with one attached hydrogen (secondary N) is 2. The van der Waals surface area contributed by atoms with Crippen molar-refractivity contribution in [3.63, 3.8) is 0 Å². The Labute approximate surface area is 209 Å². The Morgan fingerprint density at radius 1 is 1.21 bits per heavy atom. The zero-order valence-corrected chi connectivity index (χ0v) is 21.1. The molecule has 2 aromatic carbocycles. The standard InChI is InChI=1S/C22H26Cl3N5O2S/c1-27-29-22(12-20(26)17-6-2-3-7-18(17)24)28-13-15-5-4-10-30(14-15)33(31,32)21-9-8-16(23)11-19(21)25/h2-3,6-9,11-12,15,27H,4-5,10,13-14,26H2,1H3,(H,28,29). The number of piperidine rings is 1. The highest BCUT2D eigenvalue weighted by Crippen LogP contribution is 2.30. The third kappa shape index (κ3) is 6.62. The quantitative estimate of drug-likeness (QED) is 0.283. The summed E-state index contributed by atoms with van der Waals surface area (Å²) in [5, 5.41) is 1.05. The highest BCUT2D eigenvalue weighted by molar-refractivity contribution is 7.89. The van der Waals surface area contributed by atoms with Crippen molar-refractivity contribution in [2.45, 2.75) is 17.7 Å². The first-order valence-electron chi connectivity index (χ1n) is 10.4. The smallest absolute Gasteiger partial charge is 0.244 e. The SMILES string of the molecule is CNNC(C=C(N)c1ccccc1Cl)=NCC1CCCN(S(=O)(=O)c2ccc(Cl)cc2Cl)C1. The molecule has 1 unspecified atom stereocenters. The summed E-state index contributed by atoms with van der Waals surface area (Å²) in [7, 11) is -2.01. The molecular formula is C22H26Cl3N5O2S. The van der Waals surface area contributed by atoms with Crippen molar-refractivity contribution >= 4 is 56.4 Å². The predicted molar refractivity (Wildman–Crippen MR) is 136 cm³/mol. The maximum absolute atomic E-state index is 13.1. The molecule has 0 spiro atoms. The van der Waals surface area contributed by atoms with E-state index in [1.807, 2.05) is 18.2 Å². The Morgan fingerprint density at radius 2 is 1.97 bits per heavy atom. The molecule has 1 saturated heterocycles. The van der Waals surface area contributed by atoms with Crippen LogP contribution in [0.15, 0.2) is 58.4 Å². The lowest BCUT2D eigenvalue weighted by molar-refractivity contribution is 0.272. The molecule has 1 aliphatic rings. The van der Waals surface area contributed by atoms with Gasteiger partial charge in [0.2, 0.25) is 10.0 Å². The summed E-state index contributed by atoms with van der Waals surface area (Å²) in [5.41, 5.74) is 13.2. The number of nitrogens with two attached hydrogens (primary N) is 1. The van der Waals surface area contributed by atoms with Crippen LogP contribution in [0, 0.1) is 5.92 Å². The Balaban J connectivity index is 1.75. The summed E-state index contributed by atoms with van der Waals surface area (Å²) in [5.74, 6) is 0.568. The van der Waals surface area contributed by atoms with Gasteiger partial charge in [0.1, 0.15) is 10.7 Å². The molecule has 0 bridgehead atoms. The fourth-order valence-corrected chi connectivity index (χ4v) is 6.16. The van der Waals surface area contributed by atoms with Gasteiger partial charge in [0.15, 0.2) is 0 Å². The average molecular weight is 531 g/mol. The topological polar surface area (TPSA) is 99.8 Å². The van der Waals surface area contributed by atoms with Gasteiger partial charge in [-0.1, -0.05) is 53.0 Å². The van der Waals surface area contributed by atoms with Crippen LogP contribution in [0.2, 0.25) is 15.1 Å². The number of amidine groups is 1. The number of rotatable bonds is 7. The van der Waals surface area contributed by atoms with Gasteiger partial charge in [-0.15, -0.1) is 0 Å². The van der Waals surface area contributed by atoms with Crippen molar-refractivity contribution in [3.8, 4) is 0 Å². The monoisotopic (exact) mass is 529 g/mol. The van der Waals surface area contributed by atoms with Gasteiger partial charge in [0.05, 0.1) is 5.02 Å². The molecule has 0 radical (unpaired) electrons. The van der Waals surface area contributed by atoms with Crippen LogP contribution in [0.4, 0.5) is 0 Å². The van der Waals surface area contributed by atoms with Crippen LogP contribution in [0.3, 0.4) is 0 Å². The Hall–Kier alpha value is -1.81. The fourth-order valence-electron chi connectivity index (χ4n) is 3.61. The first-order valence-corrected chi connectivity index (χ1v) is 12.9. The molecule has 0 amide bonds. The van der Waals surface area contributed by atoms with E-state index in [0.29, 0.717) is 46.8 Å². The first-order chi connectivity index (χ1) is 15.7. The number of aliphatic imine (C=N–C) groups is 1. The number of sulfonamides is 1. The highest BCUT2D eigenvalue weighted by atomic mass is 35.5. The van der Waals surface area contributed by atoms with Gasteiger partial charge in [0, 0.05) is 54.1 Å². The molecule has 1 fully saturated rings. The number of halogens is 3. The summed E-state index contributed by atoms with van der Waals surface area (Å²) in [6.07, 6.45) is 3.29. The Kier molecular flexibility index (Phi) is 9.03. The van der Waals surface area contributed by atoms with Crippen molar-refractivity contribution in [2.75, 3.05) is 26.7 Å². The van der Waals surface area contributed by atoms with Crippen molar-refractivity contribution in [3.05, 3.63) is 69.2 Å². The van der Waals surface area contributed by atoms with Gasteiger partial charge in [0.25, 0.3) is 0 Å². The average Bonchev–Trinajstić information content (AvgIpc) is 2.78. The van der Waals surface area contributed by atoms with E-state index in [-0.39, 0.29) is 15.8 Å².